The summed E-state index contributed by atoms with van der Waals surface area (Å²) in [5.74, 6) is -0.899. The van der Waals surface area contributed by atoms with Gasteiger partial charge in [0.1, 0.15) is 18.0 Å². The number of hydrogen-bond acceptors (Lipinski definition) is 7. The Balaban J connectivity index is 1.38. The maximum atomic E-state index is 13.5. The molecule has 4 amide bonds. The summed E-state index contributed by atoms with van der Waals surface area (Å²) in [5.41, 5.74) is 2.11. The first kappa shape index (κ1) is 31.5. The zero-order valence-electron chi connectivity index (χ0n) is 25.5. The quantitative estimate of drug-likeness (QED) is 0.358. The van der Waals surface area contributed by atoms with Crippen LogP contribution in [-0.2, 0) is 25.7 Å². The summed E-state index contributed by atoms with van der Waals surface area (Å²) in [6, 6.07) is 10.8. The molecule has 43 heavy (non-hydrogen) atoms. The number of aromatic nitrogens is 1. The third kappa shape index (κ3) is 8.79. The molecule has 2 N–H and O–H groups in total. The van der Waals surface area contributed by atoms with E-state index in [9.17, 15) is 19.2 Å². The summed E-state index contributed by atoms with van der Waals surface area (Å²) in [6.45, 7) is 10.6. The molecule has 2 aromatic rings. The highest BCUT2D eigenvalue weighted by molar-refractivity contribution is 6.39. The summed E-state index contributed by atoms with van der Waals surface area (Å²) in [5, 5.41) is 5.25. The Morgan fingerprint density at radius 2 is 1.81 bits per heavy atom. The van der Waals surface area contributed by atoms with E-state index in [4.69, 9.17) is 9.47 Å². The van der Waals surface area contributed by atoms with Crippen molar-refractivity contribution in [3.05, 3.63) is 65.4 Å². The molecule has 1 aromatic carbocycles. The van der Waals surface area contributed by atoms with Crippen LogP contribution in [0.15, 0.2) is 54.2 Å². The molecule has 11 heteroatoms. The highest BCUT2D eigenvalue weighted by atomic mass is 16.6. The summed E-state index contributed by atoms with van der Waals surface area (Å²) < 4.78 is 10.8. The van der Waals surface area contributed by atoms with Gasteiger partial charge in [-0.05, 0) is 75.6 Å². The molecule has 0 spiro atoms. The Bertz CT molecular complexity index is 1370. The number of carbonyl (C=O) groups excluding carboxylic acids is 4. The number of piperidine rings is 1. The molecular weight excluding hydrogens is 550 g/mol. The molecule has 0 aliphatic carbocycles. The van der Waals surface area contributed by atoms with Gasteiger partial charge in [0.2, 0.25) is 0 Å². The van der Waals surface area contributed by atoms with E-state index in [0.717, 1.165) is 17.6 Å². The lowest BCUT2D eigenvalue weighted by Crippen LogP contribution is -2.53. The molecule has 1 aromatic heterocycles. The van der Waals surface area contributed by atoms with Gasteiger partial charge >= 0.3 is 24.0 Å². The van der Waals surface area contributed by atoms with Gasteiger partial charge in [-0.1, -0.05) is 43.3 Å². The Morgan fingerprint density at radius 3 is 2.51 bits per heavy atom. The van der Waals surface area contributed by atoms with E-state index in [-0.39, 0.29) is 18.6 Å². The predicted molar refractivity (Wildman–Crippen MR) is 162 cm³/mol. The monoisotopic (exact) mass is 591 g/mol. The molecule has 0 saturated carbocycles. The predicted octanol–water partition coefficient (Wildman–Crippen LogP) is 5.27. The number of amides is 4. The van der Waals surface area contributed by atoms with Crippen LogP contribution in [0.1, 0.15) is 58.1 Å². The fourth-order valence-electron chi connectivity index (χ4n) is 5.23. The van der Waals surface area contributed by atoms with Crippen molar-refractivity contribution < 1.29 is 28.7 Å². The minimum absolute atomic E-state index is 0.188. The first-order chi connectivity index (χ1) is 20.4. The molecule has 2 aliphatic rings. The minimum Gasteiger partial charge on any atom is -0.445 e. The van der Waals surface area contributed by atoms with Gasteiger partial charge in [0.15, 0.2) is 0 Å². The highest BCUT2D eigenvalue weighted by Crippen LogP contribution is 2.29. The summed E-state index contributed by atoms with van der Waals surface area (Å²) in [4.78, 5) is 59.1. The van der Waals surface area contributed by atoms with Crippen molar-refractivity contribution in [1.82, 2.24) is 14.8 Å². The van der Waals surface area contributed by atoms with Gasteiger partial charge in [-0.25, -0.2) is 14.6 Å². The van der Waals surface area contributed by atoms with Crippen LogP contribution in [0, 0.1) is 12.8 Å². The molecule has 0 bridgehead atoms. The molecule has 11 nitrogen and oxygen atoms in total. The minimum atomic E-state index is -0.774. The highest BCUT2D eigenvalue weighted by Gasteiger charge is 2.37. The normalized spacial score (nSPS) is 18.8. The smallest absolute Gasteiger partial charge is 0.413 e. The molecule has 2 atom stereocenters. The number of aryl methyl sites for hydroxylation is 1. The van der Waals surface area contributed by atoms with Crippen LogP contribution in [-0.4, -0.2) is 70.1 Å². The van der Waals surface area contributed by atoms with Crippen LogP contribution >= 0.6 is 0 Å². The third-order valence-corrected chi connectivity index (χ3v) is 7.30. The number of nitrogens with one attached hydrogen (secondary N) is 2. The molecule has 1 saturated heterocycles. The molecule has 3 heterocycles. The van der Waals surface area contributed by atoms with Crippen LogP contribution in [0.25, 0.3) is 0 Å². The SMILES string of the molecule is Cc1cc(NC(=O)C(=O)N2C[C@@H](C)CC[C@@H]2C2=CCCN(C(=O)OCc3ccccc3)C2)cnc1NC(=O)OC(C)(C)C. The number of pyridine rings is 1. The van der Waals surface area contributed by atoms with E-state index in [0.29, 0.717) is 49.5 Å². The standard InChI is InChI=1S/C32H41N5O6/c1-21-13-14-26(24-12-9-15-36(19-24)31(41)42-20-23-10-7-6-8-11-23)37(18-21)29(39)28(38)34-25-16-22(2)27(33-17-25)35-30(40)43-32(3,4)5/h6-8,10-12,16-17,21,26H,9,13-15,18-20H2,1-5H3,(H,34,38)(H,33,35,40)/t21-,26+/m0/s1. The summed E-state index contributed by atoms with van der Waals surface area (Å²) in [6.07, 6.45) is 4.66. The molecule has 0 unspecified atom stereocenters. The van der Waals surface area contributed by atoms with Crippen molar-refractivity contribution >= 4 is 35.5 Å². The van der Waals surface area contributed by atoms with Gasteiger partial charge in [-0.2, -0.15) is 0 Å². The second-order valence-corrected chi connectivity index (χ2v) is 12.2. The topological polar surface area (TPSA) is 130 Å². The molecule has 230 valence electrons. The van der Waals surface area contributed by atoms with Gasteiger partial charge in [-0.15, -0.1) is 0 Å². The first-order valence-electron chi connectivity index (χ1n) is 14.6. The van der Waals surface area contributed by atoms with Gasteiger partial charge in [-0.3, -0.25) is 14.9 Å². The third-order valence-electron chi connectivity index (χ3n) is 7.30. The Kier molecular flexibility index (Phi) is 10.1. The van der Waals surface area contributed by atoms with Gasteiger partial charge in [0.05, 0.1) is 17.9 Å². The van der Waals surface area contributed by atoms with Crippen molar-refractivity contribution in [3.63, 3.8) is 0 Å². The molecule has 0 radical (unpaired) electrons. The van der Waals surface area contributed by atoms with Gasteiger partial charge in [0.25, 0.3) is 0 Å². The molecule has 1 fully saturated rings. The molecule has 2 aliphatic heterocycles. The van der Waals surface area contributed by atoms with E-state index in [1.165, 1.54) is 6.20 Å². The number of ether oxygens (including phenoxy) is 2. The van der Waals surface area contributed by atoms with Crippen molar-refractivity contribution in [2.45, 2.75) is 72.1 Å². The number of nitrogens with zero attached hydrogens (tertiary/aromatic N) is 3. The van der Waals surface area contributed by atoms with Crippen molar-refractivity contribution in [2.75, 3.05) is 30.3 Å². The second-order valence-electron chi connectivity index (χ2n) is 12.2. The largest absolute Gasteiger partial charge is 0.445 e. The Hall–Kier alpha value is -4.41. The number of hydrogen-bond donors (Lipinski definition) is 2. The lowest BCUT2D eigenvalue weighted by Gasteiger charge is -2.41. The van der Waals surface area contributed by atoms with E-state index < -0.39 is 29.6 Å². The van der Waals surface area contributed by atoms with E-state index in [1.807, 2.05) is 30.3 Å². The van der Waals surface area contributed by atoms with E-state index in [1.54, 1.807) is 43.6 Å². The van der Waals surface area contributed by atoms with Gasteiger partial charge < -0.3 is 24.6 Å². The number of rotatable bonds is 5. The maximum Gasteiger partial charge on any atom is 0.413 e. The second kappa shape index (κ2) is 13.7. The van der Waals surface area contributed by atoms with E-state index in [2.05, 4.69) is 28.6 Å². The Morgan fingerprint density at radius 1 is 1.07 bits per heavy atom. The zero-order valence-corrected chi connectivity index (χ0v) is 25.5. The van der Waals surface area contributed by atoms with Crippen LogP contribution in [0.5, 0.6) is 0 Å². The molecule has 4 rings (SSSR count). The van der Waals surface area contributed by atoms with Crippen LogP contribution in [0.3, 0.4) is 0 Å². The summed E-state index contributed by atoms with van der Waals surface area (Å²) >= 11 is 0. The van der Waals surface area contributed by atoms with Crippen LogP contribution in [0.4, 0.5) is 21.1 Å². The van der Waals surface area contributed by atoms with Crippen LogP contribution in [0.2, 0.25) is 0 Å². The Labute approximate surface area is 252 Å². The first-order valence-corrected chi connectivity index (χ1v) is 14.6. The average Bonchev–Trinajstić information content (AvgIpc) is 2.96. The summed E-state index contributed by atoms with van der Waals surface area (Å²) in [7, 11) is 0. The lowest BCUT2D eigenvalue weighted by molar-refractivity contribution is -0.145. The van der Waals surface area contributed by atoms with Crippen molar-refractivity contribution in [3.8, 4) is 0 Å². The average molecular weight is 592 g/mol. The molecular formula is C32H41N5O6. The fraction of sp³-hybridized carbons (Fsp3) is 0.469. The van der Waals surface area contributed by atoms with E-state index >= 15 is 0 Å². The van der Waals surface area contributed by atoms with Gasteiger partial charge in [0, 0.05) is 19.6 Å². The van der Waals surface area contributed by atoms with Crippen LogP contribution < -0.4 is 10.6 Å². The number of carbonyl (C=O) groups is 4. The zero-order chi connectivity index (χ0) is 31.1. The van der Waals surface area contributed by atoms with Crippen molar-refractivity contribution in [1.29, 1.82) is 0 Å². The lowest BCUT2D eigenvalue weighted by atomic mass is 9.88. The number of benzene rings is 1. The van der Waals surface area contributed by atoms with Crippen molar-refractivity contribution in [2.24, 2.45) is 5.92 Å². The number of anilines is 2. The maximum absolute atomic E-state index is 13.5. The number of likely N-dealkylation sites (tertiary alicyclic amines) is 1. The fourth-order valence-corrected chi connectivity index (χ4v) is 5.23.